The molecule has 0 unspecified atom stereocenters. The molecule has 5 heteroatoms. The summed E-state index contributed by atoms with van der Waals surface area (Å²) in [6, 6.07) is 8.74. The minimum absolute atomic E-state index is 0.0513. The summed E-state index contributed by atoms with van der Waals surface area (Å²) in [6.45, 7) is 12.2. The molecule has 3 rings (SSSR count). The van der Waals surface area contributed by atoms with Crippen LogP contribution in [-0.2, 0) is 0 Å². The predicted octanol–water partition coefficient (Wildman–Crippen LogP) is 3.64. The summed E-state index contributed by atoms with van der Waals surface area (Å²) in [5.74, 6) is 0.0513. The van der Waals surface area contributed by atoms with Crippen LogP contribution in [0.4, 0.5) is 0 Å². The number of aromatic amines is 1. The number of benzene rings is 1. The van der Waals surface area contributed by atoms with Crippen LogP contribution in [0, 0.1) is 13.8 Å². The van der Waals surface area contributed by atoms with Crippen molar-refractivity contribution in [1.82, 2.24) is 20.0 Å². The van der Waals surface area contributed by atoms with Gasteiger partial charge in [0, 0.05) is 37.8 Å². The molecule has 0 bridgehead atoms. The second-order valence-electron chi connectivity index (χ2n) is 7.43. The number of carbonyl (C=O) groups excluding carboxylic acids is 1. The zero-order valence-electron chi connectivity index (χ0n) is 16.4. The average molecular weight is 354 g/mol. The van der Waals surface area contributed by atoms with Crippen molar-refractivity contribution in [2.45, 2.75) is 46.6 Å². The van der Waals surface area contributed by atoms with Crippen molar-refractivity contribution in [3.05, 3.63) is 41.1 Å². The van der Waals surface area contributed by atoms with E-state index in [2.05, 4.69) is 61.0 Å². The SMILES string of the molecule is CCC[C@H](C)N1CCN(C(=O)c2cc(-c3ccc(C)c(C)c3)n[nH]2)CC1. The monoisotopic (exact) mass is 354 g/mol. The lowest BCUT2D eigenvalue weighted by Gasteiger charge is -2.37. The summed E-state index contributed by atoms with van der Waals surface area (Å²) in [4.78, 5) is 17.2. The van der Waals surface area contributed by atoms with Gasteiger partial charge in [0.2, 0.25) is 0 Å². The van der Waals surface area contributed by atoms with Gasteiger partial charge in [0.25, 0.3) is 5.91 Å². The molecule has 0 saturated carbocycles. The number of rotatable bonds is 5. The van der Waals surface area contributed by atoms with Crippen LogP contribution in [0.1, 0.15) is 48.3 Å². The van der Waals surface area contributed by atoms with E-state index in [4.69, 9.17) is 0 Å². The van der Waals surface area contributed by atoms with E-state index in [0.29, 0.717) is 11.7 Å². The Labute approximate surface area is 156 Å². The number of nitrogens with one attached hydrogen (secondary N) is 1. The largest absolute Gasteiger partial charge is 0.335 e. The molecule has 0 radical (unpaired) electrons. The second kappa shape index (κ2) is 8.04. The van der Waals surface area contributed by atoms with Gasteiger partial charge >= 0.3 is 0 Å². The van der Waals surface area contributed by atoms with Crippen LogP contribution in [0.15, 0.2) is 24.3 Å². The zero-order chi connectivity index (χ0) is 18.7. The molecule has 1 aliphatic heterocycles. The second-order valence-corrected chi connectivity index (χ2v) is 7.43. The van der Waals surface area contributed by atoms with Crippen LogP contribution < -0.4 is 0 Å². The highest BCUT2D eigenvalue weighted by Crippen LogP contribution is 2.22. The molecule has 140 valence electrons. The Morgan fingerprint density at radius 1 is 1.15 bits per heavy atom. The quantitative estimate of drug-likeness (QED) is 0.892. The maximum atomic E-state index is 12.8. The molecule has 2 heterocycles. The van der Waals surface area contributed by atoms with E-state index >= 15 is 0 Å². The van der Waals surface area contributed by atoms with E-state index in [0.717, 1.165) is 37.4 Å². The number of H-pyrrole nitrogens is 1. The van der Waals surface area contributed by atoms with Gasteiger partial charge in [-0.1, -0.05) is 25.5 Å². The molecular formula is C21H30N4O. The predicted molar refractivity (Wildman–Crippen MR) is 105 cm³/mol. The molecular weight excluding hydrogens is 324 g/mol. The van der Waals surface area contributed by atoms with Crippen molar-refractivity contribution in [3.8, 4) is 11.3 Å². The Morgan fingerprint density at radius 3 is 2.54 bits per heavy atom. The normalized spacial score (nSPS) is 16.7. The van der Waals surface area contributed by atoms with Crippen molar-refractivity contribution in [3.63, 3.8) is 0 Å². The maximum Gasteiger partial charge on any atom is 0.271 e. The molecule has 1 amide bonds. The first-order valence-corrected chi connectivity index (χ1v) is 9.66. The summed E-state index contributed by atoms with van der Waals surface area (Å²) in [7, 11) is 0. The van der Waals surface area contributed by atoms with Crippen molar-refractivity contribution in [1.29, 1.82) is 0 Å². The summed E-state index contributed by atoms with van der Waals surface area (Å²) in [6.07, 6.45) is 2.42. The first-order valence-electron chi connectivity index (χ1n) is 9.66. The third kappa shape index (κ3) is 3.98. The van der Waals surface area contributed by atoms with Crippen LogP contribution in [0.25, 0.3) is 11.3 Å². The highest BCUT2D eigenvalue weighted by atomic mass is 16.2. The molecule has 0 aliphatic carbocycles. The summed E-state index contributed by atoms with van der Waals surface area (Å²) < 4.78 is 0. The Kier molecular flexibility index (Phi) is 5.77. The Bertz CT molecular complexity index is 759. The lowest BCUT2D eigenvalue weighted by molar-refractivity contribution is 0.0569. The van der Waals surface area contributed by atoms with Crippen molar-refractivity contribution in [2.24, 2.45) is 0 Å². The number of aromatic nitrogens is 2. The molecule has 1 aliphatic rings. The summed E-state index contributed by atoms with van der Waals surface area (Å²) in [5.41, 5.74) is 4.94. The smallest absolute Gasteiger partial charge is 0.271 e. The van der Waals surface area contributed by atoms with Gasteiger partial charge in [-0.3, -0.25) is 14.8 Å². The third-order valence-electron chi connectivity index (χ3n) is 5.54. The first kappa shape index (κ1) is 18.6. The van der Waals surface area contributed by atoms with E-state index in [-0.39, 0.29) is 5.91 Å². The Hall–Kier alpha value is -2.14. The summed E-state index contributed by atoms with van der Waals surface area (Å²) in [5, 5.41) is 7.29. The average Bonchev–Trinajstić information content (AvgIpc) is 3.14. The van der Waals surface area contributed by atoms with E-state index in [1.807, 2.05) is 11.0 Å². The number of carbonyl (C=O) groups is 1. The highest BCUT2D eigenvalue weighted by molar-refractivity contribution is 5.93. The number of hydrogen-bond donors (Lipinski definition) is 1. The Morgan fingerprint density at radius 2 is 1.88 bits per heavy atom. The molecule has 1 aromatic carbocycles. The highest BCUT2D eigenvalue weighted by Gasteiger charge is 2.25. The molecule has 1 fully saturated rings. The van der Waals surface area contributed by atoms with Crippen molar-refractivity contribution in [2.75, 3.05) is 26.2 Å². The minimum Gasteiger partial charge on any atom is -0.335 e. The van der Waals surface area contributed by atoms with Crippen LogP contribution >= 0.6 is 0 Å². The number of piperazine rings is 1. The standard InChI is InChI=1S/C21H30N4O/c1-5-6-17(4)24-9-11-25(12-10-24)21(26)20-14-19(22-23-20)18-8-7-15(2)16(3)13-18/h7-8,13-14,17H,5-6,9-12H2,1-4H3,(H,22,23)/t17-/m0/s1. The van der Waals surface area contributed by atoms with Gasteiger partial charge in [-0.2, -0.15) is 5.10 Å². The van der Waals surface area contributed by atoms with Crippen LogP contribution in [-0.4, -0.2) is 58.1 Å². The van der Waals surface area contributed by atoms with E-state index in [1.54, 1.807) is 0 Å². The molecule has 1 N–H and O–H groups in total. The van der Waals surface area contributed by atoms with E-state index in [9.17, 15) is 4.79 Å². The Balaban J connectivity index is 1.64. The number of amides is 1. The molecule has 2 aromatic rings. The van der Waals surface area contributed by atoms with Gasteiger partial charge in [0.15, 0.2) is 0 Å². The van der Waals surface area contributed by atoms with E-state index in [1.165, 1.54) is 24.0 Å². The fourth-order valence-corrected chi connectivity index (χ4v) is 3.62. The molecule has 1 saturated heterocycles. The van der Waals surface area contributed by atoms with Crippen molar-refractivity contribution >= 4 is 5.91 Å². The number of aryl methyl sites for hydroxylation is 2. The molecule has 1 atom stereocenters. The van der Waals surface area contributed by atoms with Crippen LogP contribution in [0.5, 0.6) is 0 Å². The molecule has 5 nitrogen and oxygen atoms in total. The molecule has 0 spiro atoms. The maximum absolute atomic E-state index is 12.8. The lowest BCUT2D eigenvalue weighted by Crippen LogP contribution is -2.51. The van der Waals surface area contributed by atoms with Gasteiger partial charge in [-0.25, -0.2) is 0 Å². The zero-order valence-corrected chi connectivity index (χ0v) is 16.4. The number of nitrogens with zero attached hydrogens (tertiary/aromatic N) is 3. The van der Waals surface area contributed by atoms with E-state index < -0.39 is 0 Å². The fourth-order valence-electron chi connectivity index (χ4n) is 3.62. The summed E-state index contributed by atoms with van der Waals surface area (Å²) >= 11 is 0. The first-order chi connectivity index (χ1) is 12.5. The topological polar surface area (TPSA) is 52.2 Å². The van der Waals surface area contributed by atoms with Gasteiger partial charge in [0.05, 0.1) is 5.69 Å². The van der Waals surface area contributed by atoms with Gasteiger partial charge < -0.3 is 4.90 Å². The molecule has 26 heavy (non-hydrogen) atoms. The van der Waals surface area contributed by atoms with Crippen LogP contribution in [0.2, 0.25) is 0 Å². The third-order valence-corrected chi connectivity index (χ3v) is 5.54. The van der Waals surface area contributed by atoms with Gasteiger partial charge in [-0.15, -0.1) is 0 Å². The number of hydrogen-bond acceptors (Lipinski definition) is 3. The van der Waals surface area contributed by atoms with Crippen LogP contribution in [0.3, 0.4) is 0 Å². The lowest BCUT2D eigenvalue weighted by atomic mass is 10.0. The van der Waals surface area contributed by atoms with Gasteiger partial charge in [0.1, 0.15) is 5.69 Å². The molecule has 1 aromatic heterocycles. The minimum atomic E-state index is 0.0513. The van der Waals surface area contributed by atoms with Crippen molar-refractivity contribution < 1.29 is 4.79 Å². The fraction of sp³-hybridized carbons (Fsp3) is 0.524. The van der Waals surface area contributed by atoms with Gasteiger partial charge in [-0.05, 0) is 50.5 Å².